The van der Waals surface area contributed by atoms with E-state index < -0.39 is 0 Å². The summed E-state index contributed by atoms with van der Waals surface area (Å²) in [6.07, 6.45) is 0.469. The summed E-state index contributed by atoms with van der Waals surface area (Å²) in [6, 6.07) is 17.5. The zero-order chi connectivity index (χ0) is 16.4. The van der Waals surface area contributed by atoms with Gasteiger partial charge in [-0.3, -0.25) is 4.79 Å². The molecule has 0 atom stereocenters. The number of para-hydroxylation sites is 1. The SMILES string of the molecule is O=C1Cc2ccccc2N1CCNc1noc(-c2ccccc2)n1. The molecule has 0 spiro atoms. The molecular formula is C18H16N4O2. The van der Waals surface area contributed by atoms with Crippen LogP contribution in [-0.4, -0.2) is 29.1 Å². The number of hydrogen-bond donors (Lipinski definition) is 1. The molecule has 24 heavy (non-hydrogen) atoms. The molecule has 1 N–H and O–H groups in total. The Morgan fingerprint density at radius 3 is 2.75 bits per heavy atom. The number of fused-ring (bicyclic) bond motifs is 1. The summed E-state index contributed by atoms with van der Waals surface area (Å²) in [5, 5.41) is 7.02. The number of amides is 1. The highest BCUT2D eigenvalue weighted by atomic mass is 16.5. The van der Waals surface area contributed by atoms with Crippen molar-refractivity contribution in [1.29, 1.82) is 0 Å². The number of benzene rings is 2. The summed E-state index contributed by atoms with van der Waals surface area (Å²) in [4.78, 5) is 18.2. The number of nitrogens with zero attached hydrogens (tertiary/aromatic N) is 3. The molecule has 0 fully saturated rings. The first kappa shape index (κ1) is 14.4. The lowest BCUT2D eigenvalue weighted by Crippen LogP contribution is -2.31. The van der Waals surface area contributed by atoms with E-state index in [2.05, 4.69) is 15.5 Å². The van der Waals surface area contributed by atoms with Crippen molar-refractivity contribution in [3.8, 4) is 11.5 Å². The Bertz CT molecular complexity index is 860. The van der Waals surface area contributed by atoms with E-state index >= 15 is 0 Å². The number of carbonyl (C=O) groups is 1. The van der Waals surface area contributed by atoms with Gasteiger partial charge in [0, 0.05) is 24.3 Å². The average Bonchev–Trinajstić information content (AvgIpc) is 3.21. The van der Waals surface area contributed by atoms with Gasteiger partial charge in [0.05, 0.1) is 6.42 Å². The van der Waals surface area contributed by atoms with Gasteiger partial charge < -0.3 is 14.7 Å². The summed E-state index contributed by atoms with van der Waals surface area (Å²) in [6.45, 7) is 1.11. The molecule has 0 unspecified atom stereocenters. The maximum atomic E-state index is 12.1. The number of hydrogen-bond acceptors (Lipinski definition) is 5. The van der Waals surface area contributed by atoms with E-state index in [1.807, 2.05) is 54.6 Å². The quantitative estimate of drug-likeness (QED) is 0.782. The molecule has 1 aromatic heterocycles. The van der Waals surface area contributed by atoms with E-state index in [0.29, 0.717) is 31.3 Å². The minimum absolute atomic E-state index is 0.121. The van der Waals surface area contributed by atoms with Crippen molar-refractivity contribution in [3.05, 3.63) is 60.2 Å². The Balaban J connectivity index is 1.38. The maximum Gasteiger partial charge on any atom is 0.263 e. The fourth-order valence-electron chi connectivity index (χ4n) is 2.83. The van der Waals surface area contributed by atoms with E-state index in [4.69, 9.17) is 4.52 Å². The Kier molecular flexibility index (Phi) is 3.70. The molecule has 4 rings (SSSR count). The summed E-state index contributed by atoms with van der Waals surface area (Å²) in [5.41, 5.74) is 2.94. The highest BCUT2D eigenvalue weighted by Crippen LogP contribution is 2.27. The fourth-order valence-corrected chi connectivity index (χ4v) is 2.83. The van der Waals surface area contributed by atoms with Crippen LogP contribution in [0.1, 0.15) is 5.56 Å². The van der Waals surface area contributed by atoms with Gasteiger partial charge in [-0.25, -0.2) is 0 Å². The lowest BCUT2D eigenvalue weighted by Gasteiger charge is -2.17. The monoisotopic (exact) mass is 320 g/mol. The predicted octanol–water partition coefficient (Wildman–Crippen LogP) is 2.74. The Labute approximate surface area is 139 Å². The summed E-state index contributed by atoms with van der Waals surface area (Å²) in [5.74, 6) is 1.02. The van der Waals surface area contributed by atoms with Crippen molar-refractivity contribution in [2.45, 2.75) is 6.42 Å². The van der Waals surface area contributed by atoms with Crippen LogP contribution in [0.2, 0.25) is 0 Å². The second kappa shape index (κ2) is 6.16. The summed E-state index contributed by atoms with van der Waals surface area (Å²) in [7, 11) is 0. The van der Waals surface area contributed by atoms with E-state index in [9.17, 15) is 4.79 Å². The van der Waals surface area contributed by atoms with Gasteiger partial charge >= 0.3 is 0 Å². The van der Waals surface area contributed by atoms with Crippen LogP contribution in [-0.2, 0) is 11.2 Å². The van der Waals surface area contributed by atoms with Crippen LogP contribution in [0.3, 0.4) is 0 Å². The second-order valence-electron chi connectivity index (χ2n) is 5.57. The first-order chi connectivity index (χ1) is 11.8. The van der Waals surface area contributed by atoms with Gasteiger partial charge in [0.2, 0.25) is 5.91 Å². The third-order valence-corrected chi connectivity index (χ3v) is 3.99. The third kappa shape index (κ3) is 2.74. The van der Waals surface area contributed by atoms with Crippen LogP contribution in [0.15, 0.2) is 59.1 Å². The zero-order valence-corrected chi connectivity index (χ0v) is 13.0. The molecule has 0 bridgehead atoms. The summed E-state index contributed by atoms with van der Waals surface area (Å²) >= 11 is 0. The van der Waals surface area contributed by atoms with Crippen LogP contribution in [0, 0.1) is 0 Å². The molecule has 6 heteroatoms. The van der Waals surface area contributed by atoms with Crippen molar-refractivity contribution in [1.82, 2.24) is 10.1 Å². The number of carbonyl (C=O) groups excluding carboxylic acids is 1. The van der Waals surface area contributed by atoms with Crippen molar-refractivity contribution in [2.24, 2.45) is 0 Å². The smallest absolute Gasteiger partial charge is 0.263 e. The van der Waals surface area contributed by atoms with E-state index in [1.165, 1.54) is 0 Å². The normalized spacial score (nSPS) is 13.2. The molecular weight excluding hydrogens is 304 g/mol. The highest BCUT2D eigenvalue weighted by Gasteiger charge is 2.26. The molecule has 0 saturated heterocycles. The zero-order valence-electron chi connectivity index (χ0n) is 13.0. The molecule has 3 aromatic rings. The van der Waals surface area contributed by atoms with Crippen LogP contribution >= 0.6 is 0 Å². The largest absolute Gasteiger partial charge is 0.350 e. The van der Waals surface area contributed by atoms with Crippen molar-refractivity contribution in [2.75, 3.05) is 23.3 Å². The topological polar surface area (TPSA) is 71.3 Å². The Morgan fingerprint density at radius 2 is 1.88 bits per heavy atom. The average molecular weight is 320 g/mol. The summed E-state index contributed by atoms with van der Waals surface area (Å²) < 4.78 is 5.25. The first-order valence-electron chi connectivity index (χ1n) is 7.82. The van der Waals surface area contributed by atoms with Gasteiger partial charge in [-0.2, -0.15) is 4.98 Å². The maximum absolute atomic E-state index is 12.1. The van der Waals surface area contributed by atoms with Gasteiger partial charge in [-0.1, -0.05) is 36.4 Å². The van der Waals surface area contributed by atoms with E-state index in [-0.39, 0.29) is 5.91 Å². The molecule has 2 aromatic carbocycles. The molecule has 6 nitrogen and oxygen atoms in total. The molecule has 0 aliphatic carbocycles. The lowest BCUT2D eigenvalue weighted by atomic mass is 10.2. The Hall–Kier alpha value is -3.15. The van der Waals surface area contributed by atoms with E-state index in [0.717, 1.165) is 16.8 Å². The molecule has 1 aliphatic rings. The predicted molar refractivity (Wildman–Crippen MR) is 90.7 cm³/mol. The standard InChI is InChI=1S/C18H16N4O2/c23-16-12-14-8-4-5-9-15(14)22(16)11-10-19-18-20-17(24-21-18)13-6-2-1-3-7-13/h1-9H,10-12H2,(H,19,21). The molecule has 2 heterocycles. The molecule has 1 amide bonds. The van der Waals surface area contributed by atoms with Crippen LogP contribution in [0.5, 0.6) is 0 Å². The van der Waals surface area contributed by atoms with Gasteiger partial charge in [0.25, 0.3) is 11.8 Å². The van der Waals surface area contributed by atoms with Gasteiger partial charge in [0.15, 0.2) is 0 Å². The molecule has 1 aliphatic heterocycles. The third-order valence-electron chi connectivity index (χ3n) is 3.99. The van der Waals surface area contributed by atoms with Crippen LogP contribution in [0.25, 0.3) is 11.5 Å². The number of anilines is 2. The van der Waals surface area contributed by atoms with Crippen molar-refractivity contribution in [3.63, 3.8) is 0 Å². The minimum Gasteiger partial charge on any atom is -0.350 e. The lowest BCUT2D eigenvalue weighted by molar-refractivity contribution is -0.117. The molecule has 0 saturated carbocycles. The van der Waals surface area contributed by atoms with Gasteiger partial charge in [0.1, 0.15) is 0 Å². The fraction of sp³-hybridized carbons (Fsp3) is 0.167. The van der Waals surface area contributed by atoms with Crippen LogP contribution in [0.4, 0.5) is 11.6 Å². The Morgan fingerprint density at radius 1 is 1.08 bits per heavy atom. The molecule has 0 radical (unpaired) electrons. The van der Waals surface area contributed by atoms with Gasteiger partial charge in [-0.05, 0) is 28.9 Å². The van der Waals surface area contributed by atoms with E-state index in [1.54, 1.807) is 4.90 Å². The molecule has 120 valence electrons. The first-order valence-corrected chi connectivity index (χ1v) is 7.82. The van der Waals surface area contributed by atoms with Gasteiger partial charge in [-0.15, -0.1) is 0 Å². The van der Waals surface area contributed by atoms with Crippen LogP contribution < -0.4 is 10.2 Å². The number of rotatable bonds is 5. The highest BCUT2D eigenvalue weighted by molar-refractivity contribution is 6.01. The number of nitrogens with one attached hydrogen (secondary N) is 1. The minimum atomic E-state index is 0.121. The van der Waals surface area contributed by atoms with Crippen molar-refractivity contribution >= 4 is 17.5 Å². The number of aromatic nitrogens is 2. The second-order valence-corrected chi connectivity index (χ2v) is 5.57. The van der Waals surface area contributed by atoms with Crippen molar-refractivity contribution < 1.29 is 9.32 Å².